The van der Waals surface area contributed by atoms with E-state index in [4.69, 9.17) is 5.73 Å². The molecule has 1 aliphatic rings. The van der Waals surface area contributed by atoms with Crippen LogP contribution in [0, 0.1) is 5.92 Å². The predicted octanol–water partition coefficient (Wildman–Crippen LogP) is -0.479. The number of nitrogens with two attached hydrogens (primary N) is 1. The van der Waals surface area contributed by atoms with Gasteiger partial charge in [-0.2, -0.15) is 0 Å². The van der Waals surface area contributed by atoms with Crippen molar-refractivity contribution in [3.63, 3.8) is 0 Å². The Hall–Kier alpha value is -1.96. The van der Waals surface area contributed by atoms with E-state index in [1.54, 1.807) is 7.05 Å². The summed E-state index contributed by atoms with van der Waals surface area (Å²) in [5.41, 5.74) is 5.22. The van der Waals surface area contributed by atoms with Crippen LogP contribution in [-0.2, 0) is 19.2 Å². The molecule has 0 aliphatic carbocycles. The molecule has 2 atom stereocenters. The van der Waals surface area contributed by atoms with E-state index in [-0.39, 0.29) is 55.0 Å². The van der Waals surface area contributed by atoms with Crippen LogP contribution in [0.5, 0.6) is 0 Å². The Kier molecular flexibility index (Phi) is 8.39. The molecule has 4 amide bonds. The second-order valence-corrected chi connectivity index (χ2v) is 6.03. The van der Waals surface area contributed by atoms with Gasteiger partial charge in [0.2, 0.25) is 23.6 Å². The Morgan fingerprint density at radius 3 is 2.58 bits per heavy atom. The molecule has 0 radical (unpaired) electrons. The van der Waals surface area contributed by atoms with E-state index >= 15 is 0 Å². The first-order valence-corrected chi connectivity index (χ1v) is 8.48. The number of amides is 4. The Balaban J connectivity index is 2.18. The Morgan fingerprint density at radius 2 is 2.04 bits per heavy atom. The van der Waals surface area contributed by atoms with Crippen LogP contribution in [0.3, 0.4) is 0 Å². The summed E-state index contributed by atoms with van der Waals surface area (Å²) < 4.78 is 0. The number of unbranched alkanes of at least 4 members (excludes halogenated alkanes) is 1. The number of carbonyl (C=O) groups is 4. The number of primary amides is 1. The summed E-state index contributed by atoms with van der Waals surface area (Å²) in [5.74, 6) is -1.16. The van der Waals surface area contributed by atoms with Gasteiger partial charge in [0, 0.05) is 31.8 Å². The lowest BCUT2D eigenvalue weighted by atomic mass is 10.1. The molecule has 24 heavy (non-hydrogen) atoms. The van der Waals surface area contributed by atoms with E-state index < -0.39 is 0 Å². The lowest BCUT2D eigenvalue weighted by Crippen LogP contribution is -2.39. The third-order valence-electron chi connectivity index (χ3n) is 4.33. The zero-order valence-corrected chi connectivity index (χ0v) is 14.5. The number of likely N-dealkylation sites (N-methyl/N-ethyl adjacent to an activating group) is 1. The maximum Gasteiger partial charge on any atom is 0.234 e. The third-order valence-corrected chi connectivity index (χ3v) is 4.33. The normalized spacial score (nSPS) is 18.8. The third kappa shape index (κ3) is 5.92. The summed E-state index contributed by atoms with van der Waals surface area (Å²) >= 11 is 0. The standard InChI is InChI=1S/C16H28N4O4/c1-3-11-10-14(22)20(16(11)24)9-7-13(21)19-8-5-4-6-12(18-2)15(17)23/h11-12,18H,3-10H2,1-2H3,(H2,17,23)(H,19,21). The average molecular weight is 340 g/mol. The van der Waals surface area contributed by atoms with E-state index in [1.165, 1.54) is 4.90 Å². The topological polar surface area (TPSA) is 122 Å². The number of nitrogens with zero attached hydrogens (tertiary/aromatic N) is 1. The molecule has 0 saturated carbocycles. The van der Waals surface area contributed by atoms with Gasteiger partial charge in [0.05, 0.1) is 6.04 Å². The summed E-state index contributed by atoms with van der Waals surface area (Å²) in [5, 5.41) is 5.60. The lowest BCUT2D eigenvalue weighted by Gasteiger charge is -2.14. The molecule has 8 nitrogen and oxygen atoms in total. The molecule has 0 bridgehead atoms. The van der Waals surface area contributed by atoms with Crippen LogP contribution in [-0.4, -0.2) is 54.7 Å². The van der Waals surface area contributed by atoms with Crippen LogP contribution in [0.1, 0.15) is 45.4 Å². The van der Waals surface area contributed by atoms with E-state index in [0.717, 1.165) is 12.8 Å². The van der Waals surface area contributed by atoms with Gasteiger partial charge in [0.25, 0.3) is 0 Å². The lowest BCUT2D eigenvalue weighted by molar-refractivity contribution is -0.139. The molecule has 0 aromatic heterocycles. The molecule has 1 saturated heterocycles. The first-order valence-electron chi connectivity index (χ1n) is 8.48. The van der Waals surface area contributed by atoms with Crippen LogP contribution < -0.4 is 16.4 Å². The van der Waals surface area contributed by atoms with Gasteiger partial charge in [-0.1, -0.05) is 6.92 Å². The number of nitrogens with one attached hydrogen (secondary N) is 2. The van der Waals surface area contributed by atoms with Gasteiger partial charge in [-0.05, 0) is 32.7 Å². The molecule has 8 heteroatoms. The fraction of sp³-hybridized carbons (Fsp3) is 0.750. The van der Waals surface area contributed by atoms with Crippen LogP contribution in [0.4, 0.5) is 0 Å². The first-order chi connectivity index (χ1) is 11.4. The maximum atomic E-state index is 11.9. The predicted molar refractivity (Wildman–Crippen MR) is 88.6 cm³/mol. The number of carbonyl (C=O) groups excluding carboxylic acids is 4. The van der Waals surface area contributed by atoms with Gasteiger partial charge >= 0.3 is 0 Å². The average Bonchev–Trinajstić information content (AvgIpc) is 2.82. The van der Waals surface area contributed by atoms with Gasteiger partial charge in [-0.15, -0.1) is 0 Å². The molecule has 2 unspecified atom stereocenters. The Morgan fingerprint density at radius 1 is 1.33 bits per heavy atom. The number of likely N-dealkylation sites (tertiary alicyclic amines) is 1. The minimum absolute atomic E-state index is 0.119. The van der Waals surface area contributed by atoms with Crippen molar-refractivity contribution in [3.8, 4) is 0 Å². The monoisotopic (exact) mass is 340 g/mol. The molecule has 1 heterocycles. The molecule has 0 spiro atoms. The van der Waals surface area contributed by atoms with Crippen molar-refractivity contribution in [2.45, 2.75) is 51.5 Å². The highest BCUT2D eigenvalue weighted by atomic mass is 16.2. The fourth-order valence-corrected chi connectivity index (χ4v) is 2.74. The molecule has 136 valence electrons. The second-order valence-electron chi connectivity index (χ2n) is 6.03. The van der Waals surface area contributed by atoms with Gasteiger partial charge < -0.3 is 16.4 Å². The maximum absolute atomic E-state index is 11.9. The highest BCUT2D eigenvalue weighted by Crippen LogP contribution is 2.22. The van der Waals surface area contributed by atoms with Crippen molar-refractivity contribution in [1.29, 1.82) is 0 Å². The van der Waals surface area contributed by atoms with Gasteiger partial charge in [0.1, 0.15) is 0 Å². The smallest absolute Gasteiger partial charge is 0.234 e. The number of hydrogen-bond donors (Lipinski definition) is 3. The summed E-state index contributed by atoms with van der Waals surface area (Å²) in [4.78, 5) is 47.7. The highest BCUT2D eigenvalue weighted by Gasteiger charge is 2.36. The zero-order valence-electron chi connectivity index (χ0n) is 14.5. The van der Waals surface area contributed by atoms with Crippen LogP contribution >= 0.6 is 0 Å². The minimum Gasteiger partial charge on any atom is -0.368 e. The summed E-state index contributed by atoms with van der Waals surface area (Å²) in [7, 11) is 1.68. The largest absolute Gasteiger partial charge is 0.368 e. The number of hydrogen-bond acceptors (Lipinski definition) is 5. The summed E-state index contributed by atoms with van der Waals surface area (Å²) in [6.07, 6.45) is 3.13. The second kappa shape index (κ2) is 10.0. The van der Waals surface area contributed by atoms with Crippen LogP contribution in [0.15, 0.2) is 0 Å². The number of rotatable bonds is 11. The first kappa shape index (κ1) is 20.1. The van der Waals surface area contributed by atoms with E-state index in [1.807, 2.05) is 6.92 Å². The summed E-state index contributed by atoms with van der Waals surface area (Å²) in [6, 6.07) is -0.348. The van der Waals surface area contributed by atoms with Crippen LogP contribution in [0.2, 0.25) is 0 Å². The van der Waals surface area contributed by atoms with Crippen molar-refractivity contribution in [2.75, 3.05) is 20.1 Å². The van der Waals surface area contributed by atoms with Crippen molar-refractivity contribution >= 4 is 23.6 Å². The minimum atomic E-state index is -0.383. The molecule has 0 aromatic carbocycles. The van der Waals surface area contributed by atoms with E-state index in [2.05, 4.69) is 10.6 Å². The van der Waals surface area contributed by atoms with Gasteiger partial charge in [-0.25, -0.2) is 0 Å². The quantitative estimate of drug-likeness (QED) is 0.346. The molecule has 1 fully saturated rings. The van der Waals surface area contributed by atoms with E-state index in [0.29, 0.717) is 19.4 Å². The molecule has 1 aliphatic heterocycles. The van der Waals surface area contributed by atoms with Crippen molar-refractivity contribution in [2.24, 2.45) is 11.7 Å². The highest BCUT2D eigenvalue weighted by molar-refractivity contribution is 6.03. The summed E-state index contributed by atoms with van der Waals surface area (Å²) in [6.45, 7) is 2.51. The molecule has 4 N–H and O–H groups in total. The van der Waals surface area contributed by atoms with Crippen molar-refractivity contribution in [3.05, 3.63) is 0 Å². The molecular weight excluding hydrogens is 312 g/mol. The van der Waals surface area contributed by atoms with Gasteiger partial charge in [0.15, 0.2) is 0 Å². The SMILES string of the molecule is CCC1CC(=O)N(CCC(=O)NCCCCC(NC)C(N)=O)C1=O. The van der Waals surface area contributed by atoms with Crippen molar-refractivity contribution in [1.82, 2.24) is 15.5 Å². The zero-order chi connectivity index (χ0) is 18.1. The van der Waals surface area contributed by atoms with Gasteiger partial charge in [-0.3, -0.25) is 24.1 Å². The number of imide groups is 1. The van der Waals surface area contributed by atoms with Crippen molar-refractivity contribution < 1.29 is 19.2 Å². The molecule has 1 rings (SSSR count). The molecular formula is C16H28N4O4. The Labute approximate surface area is 142 Å². The Bertz CT molecular complexity index is 481. The van der Waals surface area contributed by atoms with E-state index in [9.17, 15) is 19.2 Å². The van der Waals surface area contributed by atoms with Crippen LogP contribution in [0.25, 0.3) is 0 Å². The fourth-order valence-electron chi connectivity index (χ4n) is 2.74. The molecule has 0 aromatic rings.